The Hall–Kier alpha value is -1.62. The third-order valence-corrected chi connectivity index (χ3v) is 3.40. The van der Waals surface area contributed by atoms with Gasteiger partial charge in [-0.1, -0.05) is 6.07 Å². The fourth-order valence-corrected chi connectivity index (χ4v) is 2.41. The fraction of sp³-hybridized carbons (Fsp3) is 0.500. The summed E-state index contributed by atoms with van der Waals surface area (Å²) in [7, 11) is 1.49. The Morgan fingerprint density at radius 1 is 1.58 bits per heavy atom. The van der Waals surface area contributed by atoms with Gasteiger partial charge in [-0.25, -0.2) is 4.39 Å². The van der Waals surface area contributed by atoms with E-state index in [0.717, 1.165) is 19.4 Å². The van der Waals surface area contributed by atoms with Gasteiger partial charge in [0.1, 0.15) is 11.6 Å². The minimum atomic E-state index is -0.425. The lowest BCUT2D eigenvalue weighted by Gasteiger charge is -2.20. The molecule has 2 unspecified atom stereocenters. The predicted molar refractivity (Wildman–Crippen MR) is 70.5 cm³/mol. The Labute approximate surface area is 112 Å². The first kappa shape index (κ1) is 13.8. The van der Waals surface area contributed by atoms with Crippen LogP contribution in [0.15, 0.2) is 18.2 Å². The van der Waals surface area contributed by atoms with Crippen LogP contribution < -0.4 is 15.4 Å². The number of amides is 1. The van der Waals surface area contributed by atoms with E-state index in [2.05, 4.69) is 10.6 Å². The summed E-state index contributed by atoms with van der Waals surface area (Å²) in [6, 6.07) is 4.06. The van der Waals surface area contributed by atoms with E-state index in [1.807, 2.05) is 0 Å². The van der Waals surface area contributed by atoms with Crippen molar-refractivity contribution in [1.82, 2.24) is 10.6 Å². The molecule has 5 heteroatoms. The molecule has 4 nitrogen and oxygen atoms in total. The van der Waals surface area contributed by atoms with Crippen molar-refractivity contribution in [3.05, 3.63) is 29.6 Å². The molecule has 0 bridgehead atoms. The van der Waals surface area contributed by atoms with E-state index >= 15 is 0 Å². The van der Waals surface area contributed by atoms with Crippen LogP contribution in [-0.2, 0) is 4.79 Å². The molecule has 1 aliphatic rings. The second-order valence-electron chi connectivity index (χ2n) is 4.73. The number of methoxy groups -OCH3 is 1. The monoisotopic (exact) mass is 266 g/mol. The van der Waals surface area contributed by atoms with E-state index in [4.69, 9.17) is 4.74 Å². The molecule has 1 aromatic rings. The minimum Gasteiger partial charge on any atom is -0.496 e. The number of nitrogens with one attached hydrogen (secondary N) is 2. The molecule has 1 fully saturated rings. The van der Waals surface area contributed by atoms with Crippen molar-refractivity contribution in [2.45, 2.75) is 31.8 Å². The van der Waals surface area contributed by atoms with Gasteiger partial charge >= 0.3 is 0 Å². The van der Waals surface area contributed by atoms with Gasteiger partial charge in [-0.05, 0) is 38.4 Å². The Balaban J connectivity index is 2.11. The fourth-order valence-electron chi connectivity index (χ4n) is 2.41. The topological polar surface area (TPSA) is 50.4 Å². The van der Waals surface area contributed by atoms with Crippen LogP contribution >= 0.6 is 0 Å². The Bertz CT molecular complexity index is 459. The van der Waals surface area contributed by atoms with Crippen molar-refractivity contribution in [3.8, 4) is 5.75 Å². The zero-order valence-corrected chi connectivity index (χ0v) is 11.2. The lowest BCUT2D eigenvalue weighted by molar-refractivity contribution is -0.123. The number of halogens is 1. The van der Waals surface area contributed by atoms with Gasteiger partial charge in [-0.15, -0.1) is 0 Å². The molecule has 0 aliphatic carbocycles. The molecular weight excluding hydrogens is 247 g/mol. The van der Waals surface area contributed by atoms with Gasteiger partial charge in [0.2, 0.25) is 5.91 Å². The first-order valence-electron chi connectivity index (χ1n) is 6.49. The summed E-state index contributed by atoms with van der Waals surface area (Å²) in [6.07, 6.45) is 1.82. The van der Waals surface area contributed by atoms with E-state index in [9.17, 15) is 9.18 Å². The second kappa shape index (κ2) is 6.02. The van der Waals surface area contributed by atoms with Crippen molar-refractivity contribution in [2.75, 3.05) is 13.7 Å². The third kappa shape index (κ3) is 3.04. The highest BCUT2D eigenvalue weighted by Crippen LogP contribution is 2.27. The molecule has 2 rings (SSSR count). The number of ether oxygens (including phenoxy) is 1. The van der Waals surface area contributed by atoms with Gasteiger partial charge < -0.3 is 15.4 Å². The molecule has 0 saturated carbocycles. The molecule has 1 heterocycles. The largest absolute Gasteiger partial charge is 0.496 e. The molecule has 19 heavy (non-hydrogen) atoms. The Kier molecular flexibility index (Phi) is 4.37. The number of hydrogen-bond acceptors (Lipinski definition) is 3. The van der Waals surface area contributed by atoms with Crippen LogP contribution in [0.3, 0.4) is 0 Å². The summed E-state index contributed by atoms with van der Waals surface area (Å²) in [5, 5.41) is 5.95. The number of benzene rings is 1. The summed E-state index contributed by atoms with van der Waals surface area (Å²) in [5.41, 5.74) is 0.386. The highest BCUT2D eigenvalue weighted by Gasteiger charge is 2.25. The van der Waals surface area contributed by atoms with Crippen LogP contribution in [0.1, 0.15) is 31.4 Å². The smallest absolute Gasteiger partial charge is 0.237 e. The second-order valence-corrected chi connectivity index (χ2v) is 4.73. The lowest BCUT2D eigenvalue weighted by Crippen LogP contribution is -2.41. The number of carbonyl (C=O) groups excluding carboxylic acids is 1. The van der Waals surface area contributed by atoms with E-state index < -0.39 is 6.04 Å². The summed E-state index contributed by atoms with van der Waals surface area (Å²) >= 11 is 0. The molecular formula is C14H19FN2O2. The molecule has 1 aliphatic heterocycles. The minimum absolute atomic E-state index is 0.0877. The first-order chi connectivity index (χ1) is 9.13. The molecule has 0 spiro atoms. The van der Waals surface area contributed by atoms with Gasteiger partial charge in [0, 0.05) is 0 Å². The Morgan fingerprint density at radius 2 is 2.37 bits per heavy atom. The zero-order valence-electron chi connectivity index (χ0n) is 11.2. The average molecular weight is 266 g/mol. The van der Waals surface area contributed by atoms with Crippen LogP contribution in [0.25, 0.3) is 0 Å². The summed E-state index contributed by atoms with van der Waals surface area (Å²) in [5.74, 6) is -0.00554. The molecule has 1 aromatic carbocycles. The van der Waals surface area contributed by atoms with Gasteiger partial charge in [-0.3, -0.25) is 4.79 Å². The highest BCUT2D eigenvalue weighted by molar-refractivity contribution is 5.82. The summed E-state index contributed by atoms with van der Waals surface area (Å²) < 4.78 is 19.0. The van der Waals surface area contributed by atoms with E-state index in [1.165, 1.54) is 13.2 Å². The van der Waals surface area contributed by atoms with Crippen molar-refractivity contribution < 1.29 is 13.9 Å². The van der Waals surface area contributed by atoms with Crippen molar-refractivity contribution in [2.24, 2.45) is 0 Å². The van der Waals surface area contributed by atoms with Crippen LogP contribution in [0.4, 0.5) is 4.39 Å². The maximum absolute atomic E-state index is 13.9. The first-order valence-corrected chi connectivity index (χ1v) is 6.49. The Morgan fingerprint density at radius 3 is 3.00 bits per heavy atom. The average Bonchev–Trinajstić information content (AvgIpc) is 2.92. The molecule has 2 atom stereocenters. The standard InChI is InChI=1S/C14H19FN2O2/c1-9(17-14(18)11-6-4-8-16-11)13-10(15)5-3-7-12(13)19-2/h3,5,7,9,11,16H,4,6,8H2,1-2H3,(H,17,18). The summed E-state index contributed by atoms with van der Waals surface area (Å²) in [6.45, 7) is 2.61. The molecule has 1 amide bonds. The summed E-state index contributed by atoms with van der Waals surface area (Å²) in [4.78, 5) is 12.0. The van der Waals surface area contributed by atoms with Gasteiger partial charge in [0.25, 0.3) is 0 Å². The van der Waals surface area contributed by atoms with Gasteiger partial charge in [0.05, 0.1) is 24.8 Å². The van der Waals surface area contributed by atoms with Crippen molar-refractivity contribution in [1.29, 1.82) is 0 Å². The number of carbonyl (C=O) groups is 1. The van der Waals surface area contributed by atoms with Gasteiger partial charge in [0.15, 0.2) is 0 Å². The number of hydrogen-bond donors (Lipinski definition) is 2. The van der Waals surface area contributed by atoms with Crippen LogP contribution in [0.5, 0.6) is 5.75 Å². The predicted octanol–water partition coefficient (Wildman–Crippen LogP) is 1.76. The number of rotatable bonds is 4. The van der Waals surface area contributed by atoms with E-state index in [0.29, 0.717) is 11.3 Å². The highest BCUT2D eigenvalue weighted by atomic mass is 19.1. The van der Waals surface area contributed by atoms with Crippen LogP contribution in [0, 0.1) is 5.82 Å². The van der Waals surface area contributed by atoms with E-state index in [-0.39, 0.29) is 17.8 Å². The molecule has 0 radical (unpaired) electrons. The molecule has 104 valence electrons. The quantitative estimate of drug-likeness (QED) is 0.873. The maximum Gasteiger partial charge on any atom is 0.237 e. The van der Waals surface area contributed by atoms with Gasteiger partial charge in [-0.2, -0.15) is 0 Å². The molecule has 1 saturated heterocycles. The van der Waals surface area contributed by atoms with Crippen LogP contribution in [0.2, 0.25) is 0 Å². The van der Waals surface area contributed by atoms with E-state index in [1.54, 1.807) is 19.1 Å². The maximum atomic E-state index is 13.9. The van der Waals surface area contributed by atoms with Crippen molar-refractivity contribution >= 4 is 5.91 Å². The normalized spacial score (nSPS) is 20.1. The zero-order chi connectivity index (χ0) is 13.8. The third-order valence-electron chi connectivity index (χ3n) is 3.40. The molecule has 0 aromatic heterocycles. The van der Waals surface area contributed by atoms with Crippen LogP contribution in [-0.4, -0.2) is 25.6 Å². The lowest BCUT2D eigenvalue weighted by atomic mass is 10.1. The van der Waals surface area contributed by atoms with Crippen molar-refractivity contribution in [3.63, 3.8) is 0 Å². The SMILES string of the molecule is COc1cccc(F)c1C(C)NC(=O)C1CCCN1. The molecule has 2 N–H and O–H groups in total.